The van der Waals surface area contributed by atoms with E-state index in [9.17, 15) is 4.79 Å². The Morgan fingerprint density at radius 2 is 2.20 bits per heavy atom. The molecule has 4 nitrogen and oxygen atoms in total. The van der Waals surface area contributed by atoms with Crippen LogP contribution in [0.25, 0.3) is 0 Å². The highest BCUT2D eigenvalue weighted by Crippen LogP contribution is 2.32. The molecule has 20 heavy (non-hydrogen) atoms. The van der Waals surface area contributed by atoms with Crippen molar-refractivity contribution in [3.8, 4) is 0 Å². The topological polar surface area (TPSA) is 54.0 Å². The van der Waals surface area contributed by atoms with Crippen LogP contribution in [0.4, 0.5) is 11.4 Å². The van der Waals surface area contributed by atoms with Crippen LogP contribution in [0.15, 0.2) is 42.6 Å². The molecule has 0 aliphatic carbocycles. The SMILES string of the molecule is Cc1cc(NC(=O)C2CCNc3ccccc32)ccn1. The maximum absolute atomic E-state index is 12.5. The maximum Gasteiger partial charge on any atom is 0.232 e. The van der Waals surface area contributed by atoms with E-state index in [0.717, 1.165) is 35.6 Å². The molecule has 2 heterocycles. The van der Waals surface area contributed by atoms with Crippen molar-refractivity contribution in [1.29, 1.82) is 0 Å². The highest BCUT2D eigenvalue weighted by molar-refractivity contribution is 5.97. The fraction of sp³-hybridized carbons (Fsp3) is 0.250. The van der Waals surface area contributed by atoms with Crippen molar-refractivity contribution in [1.82, 2.24) is 4.98 Å². The highest BCUT2D eigenvalue weighted by Gasteiger charge is 2.26. The molecule has 0 spiro atoms. The van der Waals surface area contributed by atoms with Crippen LogP contribution in [0.3, 0.4) is 0 Å². The van der Waals surface area contributed by atoms with Gasteiger partial charge in [-0.05, 0) is 37.1 Å². The molecule has 1 aliphatic rings. The summed E-state index contributed by atoms with van der Waals surface area (Å²) in [5, 5.41) is 6.32. The molecular weight excluding hydrogens is 250 g/mol. The summed E-state index contributed by atoms with van der Waals surface area (Å²) in [6, 6.07) is 11.7. The average molecular weight is 267 g/mol. The molecule has 0 saturated heterocycles. The number of hydrogen-bond acceptors (Lipinski definition) is 3. The van der Waals surface area contributed by atoms with Crippen LogP contribution in [0, 0.1) is 6.92 Å². The van der Waals surface area contributed by atoms with E-state index in [0.29, 0.717) is 0 Å². The number of anilines is 2. The van der Waals surface area contributed by atoms with Gasteiger partial charge in [0.15, 0.2) is 0 Å². The van der Waals surface area contributed by atoms with Crippen LogP contribution in [-0.2, 0) is 4.79 Å². The zero-order valence-electron chi connectivity index (χ0n) is 11.4. The number of fused-ring (bicyclic) bond motifs is 1. The fourth-order valence-corrected chi connectivity index (χ4v) is 2.59. The molecule has 1 aliphatic heterocycles. The van der Waals surface area contributed by atoms with E-state index >= 15 is 0 Å². The normalized spacial score (nSPS) is 16.9. The summed E-state index contributed by atoms with van der Waals surface area (Å²) in [7, 11) is 0. The van der Waals surface area contributed by atoms with Gasteiger partial charge in [0.1, 0.15) is 0 Å². The number of para-hydroxylation sites is 1. The maximum atomic E-state index is 12.5. The number of nitrogens with one attached hydrogen (secondary N) is 2. The van der Waals surface area contributed by atoms with E-state index < -0.39 is 0 Å². The van der Waals surface area contributed by atoms with Crippen molar-refractivity contribution in [2.24, 2.45) is 0 Å². The number of amides is 1. The molecule has 0 radical (unpaired) electrons. The van der Waals surface area contributed by atoms with Gasteiger partial charge in [0.25, 0.3) is 0 Å². The molecule has 0 fully saturated rings. The van der Waals surface area contributed by atoms with E-state index in [2.05, 4.69) is 15.6 Å². The lowest BCUT2D eigenvalue weighted by Crippen LogP contribution is -2.27. The van der Waals surface area contributed by atoms with Crippen molar-refractivity contribution < 1.29 is 4.79 Å². The van der Waals surface area contributed by atoms with Crippen LogP contribution in [0.2, 0.25) is 0 Å². The van der Waals surface area contributed by atoms with Crippen molar-refractivity contribution >= 4 is 17.3 Å². The Morgan fingerprint density at radius 1 is 1.35 bits per heavy atom. The smallest absolute Gasteiger partial charge is 0.232 e. The van der Waals surface area contributed by atoms with Crippen LogP contribution in [0.5, 0.6) is 0 Å². The first-order chi connectivity index (χ1) is 9.74. The molecule has 2 N–H and O–H groups in total. The van der Waals surface area contributed by atoms with Gasteiger partial charge >= 0.3 is 0 Å². The molecule has 4 heteroatoms. The van der Waals surface area contributed by atoms with Crippen molar-refractivity contribution in [2.75, 3.05) is 17.2 Å². The number of benzene rings is 1. The molecule has 3 rings (SSSR count). The van der Waals surface area contributed by atoms with Crippen molar-refractivity contribution in [3.63, 3.8) is 0 Å². The lowest BCUT2D eigenvalue weighted by Gasteiger charge is -2.25. The number of aromatic nitrogens is 1. The van der Waals surface area contributed by atoms with Crippen LogP contribution in [-0.4, -0.2) is 17.4 Å². The quantitative estimate of drug-likeness (QED) is 0.879. The number of carbonyl (C=O) groups excluding carboxylic acids is 1. The predicted molar refractivity (Wildman–Crippen MR) is 79.9 cm³/mol. The Balaban J connectivity index is 1.82. The summed E-state index contributed by atoms with van der Waals surface area (Å²) in [5.41, 5.74) is 3.83. The molecule has 1 unspecified atom stereocenters. The van der Waals surface area contributed by atoms with Gasteiger partial charge < -0.3 is 10.6 Å². The monoisotopic (exact) mass is 267 g/mol. The highest BCUT2D eigenvalue weighted by atomic mass is 16.1. The molecule has 0 bridgehead atoms. The Bertz CT molecular complexity index is 639. The van der Waals surface area contributed by atoms with E-state index in [1.165, 1.54) is 0 Å². The molecule has 1 atom stereocenters. The number of aryl methyl sites for hydroxylation is 1. The van der Waals surface area contributed by atoms with E-state index in [4.69, 9.17) is 0 Å². The molecule has 0 saturated carbocycles. The zero-order valence-corrected chi connectivity index (χ0v) is 11.4. The minimum absolute atomic E-state index is 0.0459. The summed E-state index contributed by atoms with van der Waals surface area (Å²) >= 11 is 0. The third-order valence-electron chi connectivity index (χ3n) is 3.57. The Kier molecular flexibility index (Phi) is 3.37. The second-order valence-electron chi connectivity index (χ2n) is 5.03. The van der Waals surface area contributed by atoms with Gasteiger partial charge in [0, 0.05) is 29.8 Å². The first-order valence-corrected chi connectivity index (χ1v) is 6.80. The summed E-state index contributed by atoms with van der Waals surface area (Å²) in [4.78, 5) is 16.6. The Morgan fingerprint density at radius 3 is 3.05 bits per heavy atom. The average Bonchev–Trinajstić information content (AvgIpc) is 2.46. The third kappa shape index (κ3) is 2.50. The van der Waals surface area contributed by atoms with Gasteiger partial charge in [0.2, 0.25) is 5.91 Å². The van der Waals surface area contributed by atoms with Gasteiger partial charge in [-0.15, -0.1) is 0 Å². The van der Waals surface area contributed by atoms with E-state index in [1.54, 1.807) is 6.20 Å². The molecule has 102 valence electrons. The molecule has 1 amide bonds. The lowest BCUT2D eigenvalue weighted by molar-refractivity contribution is -0.117. The van der Waals surface area contributed by atoms with Crippen molar-refractivity contribution in [2.45, 2.75) is 19.3 Å². The molecule has 2 aromatic rings. The zero-order chi connectivity index (χ0) is 13.9. The molecule has 1 aromatic heterocycles. The minimum Gasteiger partial charge on any atom is -0.385 e. The number of nitrogens with zero attached hydrogens (tertiary/aromatic N) is 1. The number of rotatable bonds is 2. The van der Waals surface area contributed by atoms with Crippen LogP contribution >= 0.6 is 0 Å². The van der Waals surface area contributed by atoms with E-state index in [1.807, 2.05) is 43.3 Å². The number of pyridine rings is 1. The molecular formula is C16H17N3O. The predicted octanol–water partition coefficient (Wildman–Crippen LogP) is 2.93. The fourth-order valence-electron chi connectivity index (χ4n) is 2.59. The summed E-state index contributed by atoms with van der Waals surface area (Å²) in [6.45, 7) is 2.74. The summed E-state index contributed by atoms with van der Waals surface area (Å²) in [6.07, 6.45) is 2.52. The van der Waals surface area contributed by atoms with Gasteiger partial charge in [-0.2, -0.15) is 0 Å². The van der Waals surface area contributed by atoms with Gasteiger partial charge in [0.05, 0.1) is 5.92 Å². The standard InChI is InChI=1S/C16H17N3O/c1-11-10-12(6-8-17-11)19-16(20)14-7-9-18-15-5-3-2-4-13(14)15/h2-6,8,10,14,18H,7,9H2,1H3,(H,17,19,20). The molecule has 1 aromatic carbocycles. The Labute approximate surface area is 118 Å². The number of hydrogen-bond donors (Lipinski definition) is 2. The van der Waals surface area contributed by atoms with Crippen LogP contribution < -0.4 is 10.6 Å². The largest absolute Gasteiger partial charge is 0.385 e. The summed E-state index contributed by atoms with van der Waals surface area (Å²) < 4.78 is 0. The van der Waals surface area contributed by atoms with Gasteiger partial charge in [-0.1, -0.05) is 18.2 Å². The van der Waals surface area contributed by atoms with E-state index in [-0.39, 0.29) is 11.8 Å². The minimum atomic E-state index is -0.0964. The first kappa shape index (κ1) is 12.7. The van der Waals surface area contributed by atoms with Gasteiger partial charge in [-0.25, -0.2) is 0 Å². The third-order valence-corrected chi connectivity index (χ3v) is 3.57. The lowest BCUT2D eigenvalue weighted by atomic mass is 9.90. The number of carbonyl (C=O) groups is 1. The summed E-state index contributed by atoms with van der Waals surface area (Å²) in [5.74, 6) is -0.0505. The van der Waals surface area contributed by atoms with Crippen LogP contribution in [0.1, 0.15) is 23.6 Å². The van der Waals surface area contributed by atoms with Crippen molar-refractivity contribution in [3.05, 3.63) is 53.9 Å². The van der Waals surface area contributed by atoms with Gasteiger partial charge in [-0.3, -0.25) is 9.78 Å². The second-order valence-corrected chi connectivity index (χ2v) is 5.03. The Hall–Kier alpha value is -2.36. The first-order valence-electron chi connectivity index (χ1n) is 6.80. The second kappa shape index (κ2) is 5.33.